The lowest BCUT2D eigenvalue weighted by Gasteiger charge is -2.35. The number of amides is 1. The minimum absolute atomic E-state index is 0.0304. The highest BCUT2D eigenvalue weighted by Gasteiger charge is 2.30. The van der Waals surface area contributed by atoms with Gasteiger partial charge in [-0.3, -0.25) is 9.69 Å². The predicted octanol–water partition coefficient (Wildman–Crippen LogP) is 1.37. The normalized spacial score (nSPS) is 13.8. The van der Waals surface area contributed by atoms with Crippen molar-refractivity contribution in [2.45, 2.75) is 39.8 Å². The van der Waals surface area contributed by atoms with Crippen molar-refractivity contribution in [3.05, 3.63) is 0 Å². The summed E-state index contributed by atoms with van der Waals surface area (Å²) in [5.74, 6) is 0.551. The second-order valence-corrected chi connectivity index (χ2v) is 6.01. The van der Waals surface area contributed by atoms with E-state index in [1.165, 1.54) is 0 Å². The summed E-state index contributed by atoms with van der Waals surface area (Å²) in [6.45, 7) is 10.2. The van der Waals surface area contributed by atoms with Crippen LogP contribution in [0.4, 0.5) is 0 Å². The van der Waals surface area contributed by atoms with E-state index in [4.69, 9.17) is 0 Å². The van der Waals surface area contributed by atoms with Gasteiger partial charge in [0.15, 0.2) is 0 Å². The molecule has 4 nitrogen and oxygen atoms in total. The van der Waals surface area contributed by atoms with E-state index in [0.717, 1.165) is 13.1 Å². The van der Waals surface area contributed by atoms with Crippen molar-refractivity contribution in [1.29, 1.82) is 0 Å². The zero-order chi connectivity index (χ0) is 14.5. The van der Waals surface area contributed by atoms with Gasteiger partial charge in [0.1, 0.15) is 0 Å². The average Bonchev–Trinajstić information content (AvgIpc) is 2.24. The molecule has 0 N–H and O–H groups in total. The summed E-state index contributed by atoms with van der Waals surface area (Å²) in [7, 11) is 7.99. The lowest BCUT2D eigenvalue weighted by Crippen LogP contribution is -2.51. The molecule has 0 spiro atoms. The Morgan fingerprint density at radius 1 is 0.944 bits per heavy atom. The van der Waals surface area contributed by atoms with E-state index in [1.807, 2.05) is 33.1 Å². The SMILES string of the molecule is CC(C)[C@H](C(=O)N(C)CCN(C)C)N(C)C(C)C. The van der Waals surface area contributed by atoms with Crippen LogP contribution in [0.25, 0.3) is 0 Å². The van der Waals surface area contributed by atoms with Crippen LogP contribution in [0, 0.1) is 5.92 Å². The Labute approximate surface area is 113 Å². The smallest absolute Gasteiger partial charge is 0.239 e. The molecule has 0 bridgehead atoms. The first-order chi connectivity index (χ1) is 8.18. The molecule has 0 fully saturated rings. The van der Waals surface area contributed by atoms with Gasteiger partial charge in [0.2, 0.25) is 5.91 Å². The first-order valence-corrected chi connectivity index (χ1v) is 6.80. The van der Waals surface area contributed by atoms with E-state index in [1.54, 1.807) is 0 Å². The van der Waals surface area contributed by atoms with E-state index < -0.39 is 0 Å². The maximum Gasteiger partial charge on any atom is 0.239 e. The number of carbonyl (C=O) groups is 1. The second kappa shape index (κ2) is 7.74. The molecule has 0 aliphatic carbocycles. The molecule has 0 aliphatic rings. The van der Waals surface area contributed by atoms with Crippen LogP contribution in [0.3, 0.4) is 0 Å². The van der Waals surface area contributed by atoms with Crippen molar-refractivity contribution in [2.24, 2.45) is 5.92 Å². The van der Waals surface area contributed by atoms with Gasteiger partial charge in [-0.25, -0.2) is 0 Å². The minimum atomic E-state index is -0.0304. The van der Waals surface area contributed by atoms with Gasteiger partial charge >= 0.3 is 0 Å². The molecule has 0 saturated heterocycles. The molecule has 1 amide bonds. The van der Waals surface area contributed by atoms with Crippen LogP contribution in [0.5, 0.6) is 0 Å². The van der Waals surface area contributed by atoms with Gasteiger partial charge in [0.05, 0.1) is 6.04 Å². The number of carbonyl (C=O) groups excluding carboxylic acids is 1. The highest BCUT2D eigenvalue weighted by molar-refractivity contribution is 5.82. The van der Waals surface area contributed by atoms with Crippen molar-refractivity contribution in [3.63, 3.8) is 0 Å². The van der Waals surface area contributed by atoms with Crippen LogP contribution in [-0.2, 0) is 4.79 Å². The van der Waals surface area contributed by atoms with Crippen LogP contribution >= 0.6 is 0 Å². The Bertz CT molecular complexity index is 251. The Hall–Kier alpha value is -0.610. The van der Waals surface area contributed by atoms with Gasteiger partial charge in [-0.2, -0.15) is 0 Å². The van der Waals surface area contributed by atoms with Gasteiger partial charge in [0.25, 0.3) is 0 Å². The molecule has 0 aliphatic heterocycles. The number of nitrogens with zero attached hydrogens (tertiary/aromatic N) is 3. The van der Waals surface area contributed by atoms with E-state index in [-0.39, 0.29) is 11.9 Å². The number of rotatable bonds is 7. The standard InChI is InChI=1S/C14H31N3O/c1-11(2)13(17(8)12(3)4)14(18)16(7)10-9-15(5)6/h11-13H,9-10H2,1-8H3/t13-/m1/s1. The van der Waals surface area contributed by atoms with Gasteiger partial charge in [-0.15, -0.1) is 0 Å². The monoisotopic (exact) mass is 257 g/mol. The summed E-state index contributed by atoms with van der Waals surface area (Å²) >= 11 is 0. The molecule has 0 aromatic carbocycles. The summed E-state index contributed by atoms with van der Waals surface area (Å²) in [4.78, 5) is 18.6. The number of hydrogen-bond acceptors (Lipinski definition) is 3. The number of hydrogen-bond donors (Lipinski definition) is 0. The molecule has 0 aromatic rings. The Balaban J connectivity index is 4.66. The quantitative estimate of drug-likeness (QED) is 0.689. The zero-order valence-corrected chi connectivity index (χ0v) is 13.4. The molecular weight excluding hydrogens is 226 g/mol. The molecule has 0 saturated carbocycles. The molecule has 1 atom stereocenters. The molecule has 0 unspecified atom stereocenters. The summed E-state index contributed by atoms with van der Waals surface area (Å²) < 4.78 is 0. The third-order valence-electron chi connectivity index (χ3n) is 3.40. The minimum Gasteiger partial charge on any atom is -0.343 e. The third kappa shape index (κ3) is 5.36. The molecule has 108 valence electrons. The summed E-state index contributed by atoms with van der Waals surface area (Å²) in [6, 6.07) is 0.348. The Morgan fingerprint density at radius 3 is 1.78 bits per heavy atom. The van der Waals surface area contributed by atoms with Crippen molar-refractivity contribution in [3.8, 4) is 0 Å². The predicted molar refractivity (Wildman–Crippen MR) is 77.7 cm³/mol. The molecule has 0 heterocycles. The maximum atomic E-state index is 12.5. The van der Waals surface area contributed by atoms with E-state index in [0.29, 0.717) is 12.0 Å². The lowest BCUT2D eigenvalue weighted by atomic mass is 10.00. The summed E-state index contributed by atoms with van der Waals surface area (Å²) in [6.07, 6.45) is 0. The van der Waals surface area contributed by atoms with Crippen molar-refractivity contribution < 1.29 is 4.79 Å². The average molecular weight is 257 g/mol. The summed E-state index contributed by atoms with van der Waals surface area (Å²) in [5.41, 5.74) is 0. The van der Waals surface area contributed by atoms with Crippen LogP contribution < -0.4 is 0 Å². The topological polar surface area (TPSA) is 26.8 Å². The van der Waals surface area contributed by atoms with Gasteiger partial charge in [0, 0.05) is 26.2 Å². The first-order valence-electron chi connectivity index (χ1n) is 6.80. The van der Waals surface area contributed by atoms with Gasteiger partial charge in [-0.05, 0) is 40.9 Å². The van der Waals surface area contributed by atoms with Crippen LogP contribution in [-0.4, -0.2) is 74.0 Å². The summed E-state index contributed by atoms with van der Waals surface area (Å²) in [5, 5.41) is 0. The molecule has 0 aromatic heterocycles. The highest BCUT2D eigenvalue weighted by Crippen LogP contribution is 2.14. The molecule has 0 rings (SSSR count). The maximum absolute atomic E-state index is 12.5. The van der Waals surface area contributed by atoms with Crippen LogP contribution in [0.1, 0.15) is 27.7 Å². The molecule has 0 radical (unpaired) electrons. The van der Waals surface area contributed by atoms with E-state index >= 15 is 0 Å². The lowest BCUT2D eigenvalue weighted by molar-refractivity contribution is -0.137. The van der Waals surface area contributed by atoms with Crippen molar-refractivity contribution in [2.75, 3.05) is 41.3 Å². The highest BCUT2D eigenvalue weighted by atomic mass is 16.2. The number of likely N-dealkylation sites (N-methyl/N-ethyl adjacent to an activating group) is 3. The van der Waals surface area contributed by atoms with E-state index in [9.17, 15) is 4.79 Å². The molecular formula is C14H31N3O. The second-order valence-electron chi connectivity index (χ2n) is 6.01. The molecule has 18 heavy (non-hydrogen) atoms. The van der Waals surface area contributed by atoms with Gasteiger partial charge < -0.3 is 9.80 Å². The zero-order valence-electron chi connectivity index (χ0n) is 13.4. The molecule has 4 heteroatoms. The Morgan fingerprint density at radius 2 is 1.44 bits per heavy atom. The van der Waals surface area contributed by atoms with Crippen molar-refractivity contribution in [1.82, 2.24) is 14.7 Å². The van der Waals surface area contributed by atoms with Gasteiger partial charge in [-0.1, -0.05) is 13.8 Å². The van der Waals surface area contributed by atoms with E-state index in [2.05, 4.69) is 37.5 Å². The first kappa shape index (κ1) is 17.4. The fourth-order valence-electron chi connectivity index (χ4n) is 1.94. The van der Waals surface area contributed by atoms with Crippen LogP contribution in [0.15, 0.2) is 0 Å². The largest absolute Gasteiger partial charge is 0.343 e. The fraction of sp³-hybridized carbons (Fsp3) is 0.929. The fourth-order valence-corrected chi connectivity index (χ4v) is 1.94. The third-order valence-corrected chi connectivity index (χ3v) is 3.40. The van der Waals surface area contributed by atoms with Crippen molar-refractivity contribution >= 4 is 5.91 Å². The van der Waals surface area contributed by atoms with Crippen LogP contribution in [0.2, 0.25) is 0 Å². The Kier molecular flexibility index (Phi) is 7.48.